The Hall–Kier alpha value is -2.21. The number of aromatic nitrogens is 2. The second kappa shape index (κ2) is 5.05. The maximum atomic E-state index is 12.6. The molecule has 104 valence electrons. The number of nitrogens with zero attached hydrogens (tertiary/aromatic N) is 2. The summed E-state index contributed by atoms with van der Waals surface area (Å²) in [6, 6.07) is 7.08. The Kier molecular flexibility index (Phi) is 3.23. The molecule has 2 heterocycles. The first-order valence-corrected chi connectivity index (χ1v) is 6.75. The van der Waals surface area contributed by atoms with Gasteiger partial charge in [0.1, 0.15) is 0 Å². The number of carbonyl (C=O) groups excluding carboxylic acids is 1. The van der Waals surface area contributed by atoms with E-state index in [1.807, 2.05) is 6.07 Å². The van der Waals surface area contributed by atoms with E-state index in [9.17, 15) is 9.59 Å². The topological polar surface area (TPSA) is 70.5 Å². The molecule has 0 unspecified atom stereocenters. The first-order chi connectivity index (χ1) is 9.66. The van der Waals surface area contributed by atoms with Crippen LogP contribution in [0.4, 0.5) is 0 Å². The molecule has 6 nitrogen and oxygen atoms in total. The molecule has 2 N–H and O–H groups in total. The van der Waals surface area contributed by atoms with Gasteiger partial charge >= 0.3 is 0 Å². The van der Waals surface area contributed by atoms with Crippen LogP contribution in [0.1, 0.15) is 10.5 Å². The summed E-state index contributed by atoms with van der Waals surface area (Å²) in [4.78, 5) is 27.5. The van der Waals surface area contributed by atoms with Crippen molar-refractivity contribution in [3.8, 4) is 0 Å². The van der Waals surface area contributed by atoms with E-state index in [-0.39, 0.29) is 11.5 Å². The van der Waals surface area contributed by atoms with E-state index < -0.39 is 0 Å². The molecule has 0 bridgehead atoms. The lowest BCUT2D eigenvalue weighted by Gasteiger charge is -2.29. The second-order valence-electron chi connectivity index (χ2n) is 5.20. The zero-order valence-corrected chi connectivity index (χ0v) is 11.3. The normalized spacial score (nSPS) is 16.6. The van der Waals surface area contributed by atoms with Gasteiger partial charge in [-0.1, -0.05) is 18.2 Å². The molecule has 1 aliphatic rings. The van der Waals surface area contributed by atoms with Crippen LogP contribution >= 0.6 is 0 Å². The van der Waals surface area contributed by atoms with Gasteiger partial charge in [-0.15, -0.1) is 0 Å². The van der Waals surface area contributed by atoms with E-state index in [0.29, 0.717) is 16.5 Å². The molecular formula is C14H17N4O2+. The van der Waals surface area contributed by atoms with Crippen molar-refractivity contribution in [3.63, 3.8) is 0 Å². The number of hydrogen-bond acceptors (Lipinski definition) is 3. The molecule has 1 aromatic carbocycles. The molecule has 0 atom stereocenters. The number of piperazine rings is 1. The zero-order valence-electron chi connectivity index (χ0n) is 11.3. The van der Waals surface area contributed by atoms with Crippen molar-refractivity contribution >= 4 is 16.7 Å². The maximum absolute atomic E-state index is 12.6. The number of amides is 1. The summed E-state index contributed by atoms with van der Waals surface area (Å²) in [5, 5.41) is 7.50. The molecule has 3 rings (SSSR count). The minimum absolute atomic E-state index is 0.107. The SMILES string of the molecule is C[NH+]1CCN(C(=O)c2n[nH]c(=O)c3ccccc23)CC1. The molecule has 20 heavy (non-hydrogen) atoms. The number of benzene rings is 1. The molecule has 0 radical (unpaired) electrons. The Morgan fingerprint density at radius 3 is 2.60 bits per heavy atom. The molecule has 1 fully saturated rings. The van der Waals surface area contributed by atoms with Gasteiger partial charge in [-0.25, -0.2) is 5.10 Å². The molecule has 1 aromatic heterocycles. The molecular weight excluding hydrogens is 256 g/mol. The van der Waals surface area contributed by atoms with E-state index in [1.54, 1.807) is 23.1 Å². The number of carbonyl (C=O) groups is 1. The van der Waals surface area contributed by atoms with Gasteiger partial charge in [0.25, 0.3) is 11.5 Å². The smallest absolute Gasteiger partial charge is 0.275 e. The van der Waals surface area contributed by atoms with Crippen molar-refractivity contribution in [3.05, 3.63) is 40.3 Å². The Labute approximate surface area is 116 Å². The van der Waals surface area contributed by atoms with Gasteiger partial charge in [-0.3, -0.25) is 9.59 Å². The number of hydrogen-bond donors (Lipinski definition) is 2. The van der Waals surface area contributed by atoms with E-state index in [4.69, 9.17) is 0 Å². The number of fused-ring (bicyclic) bond motifs is 1. The highest BCUT2D eigenvalue weighted by atomic mass is 16.2. The molecule has 1 aliphatic heterocycles. The third-order valence-corrected chi connectivity index (χ3v) is 3.80. The van der Waals surface area contributed by atoms with Crippen molar-refractivity contribution < 1.29 is 9.69 Å². The van der Waals surface area contributed by atoms with Gasteiger partial charge in [0.15, 0.2) is 5.69 Å². The minimum Gasteiger partial charge on any atom is -0.334 e. The summed E-state index contributed by atoms with van der Waals surface area (Å²) < 4.78 is 0. The van der Waals surface area contributed by atoms with Crippen LogP contribution in [-0.2, 0) is 0 Å². The fourth-order valence-corrected chi connectivity index (χ4v) is 2.52. The molecule has 2 aromatic rings. The van der Waals surface area contributed by atoms with Gasteiger partial charge in [0.05, 0.1) is 38.6 Å². The first kappa shape index (κ1) is 12.8. The standard InChI is InChI=1S/C14H16N4O2/c1-17-6-8-18(9-7-17)14(20)12-10-4-2-3-5-11(10)13(19)16-15-12/h2-5H,6-9H2,1H3,(H,16,19)/p+1. The molecule has 6 heteroatoms. The lowest BCUT2D eigenvalue weighted by molar-refractivity contribution is -0.883. The maximum Gasteiger partial charge on any atom is 0.275 e. The number of rotatable bonds is 1. The Morgan fingerprint density at radius 2 is 1.90 bits per heavy atom. The van der Waals surface area contributed by atoms with E-state index in [1.165, 1.54) is 4.90 Å². The Balaban J connectivity index is 2.00. The molecule has 1 amide bonds. The quantitative estimate of drug-likeness (QED) is 0.692. The third-order valence-electron chi connectivity index (χ3n) is 3.80. The van der Waals surface area contributed by atoms with E-state index >= 15 is 0 Å². The predicted octanol–water partition coefficient (Wildman–Crippen LogP) is -1.11. The number of likely N-dealkylation sites (N-methyl/N-ethyl adjacent to an activating group) is 1. The average Bonchev–Trinajstić information content (AvgIpc) is 2.48. The van der Waals surface area contributed by atoms with Crippen LogP contribution in [0.5, 0.6) is 0 Å². The highest BCUT2D eigenvalue weighted by molar-refractivity contribution is 6.04. The van der Waals surface area contributed by atoms with Crippen LogP contribution in [0.3, 0.4) is 0 Å². The second-order valence-corrected chi connectivity index (χ2v) is 5.20. The van der Waals surface area contributed by atoms with Crippen molar-refractivity contribution in [2.75, 3.05) is 33.2 Å². The highest BCUT2D eigenvalue weighted by Crippen LogP contribution is 2.14. The highest BCUT2D eigenvalue weighted by Gasteiger charge is 2.25. The van der Waals surface area contributed by atoms with Crippen LogP contribution in [0, 0.1) is 0 Å². The third kappa shape index (κ3) is 2.18. The molecule has 0 saturated carbocycles. The van der Waals surface area contributed by atoms with Gasteiger partial charge in [-0.2, -0.15) is 5.10 Å². The first-order valence-electron chi connectivity index (χ1n) is 6.75. The zero-order chi connectivity index (χ0) is 14.1. The van der Waals surface area contributed by atoms with Gasteiger partial charge < -0.3 is 9.80 Å². The van der Waals surface area contributed by atoms with E-state index in [2.05, 4.69) is 17.2 Å². The Bertz CT molecular complexity index is 702. The van der Waals surface area contributed by atoms with Gasteiger partial charge in [-0.05, 0) is 6.07 Å². The van der Waals surface area contributed by atoms with E-state index in [0.717, 1.165) is 26.2 Å². The van der Waals surface area contributed by atoms with Crippen LogP contribution in [0.2, 0.25) is 0 Å². The van der Waals surface area contributed by atoms with Crippen molar-refractivity contribution in [1.29, 1.82) is 0 Å². The van der Waals surface area contributed by atoms with Crippen LogP contribution in [-0.4, -0.2) is 54.2 Å². The summed E-state index contributed by atoms with van der Waals surface area (Å²) in [6.07, 6.45) is 0. The predicted molar refractivity (Wildman–Crippen MR) is 74.9 cm³/mol. The summed E-state index contributed by atoms with van der Waals surface area (Å²) in [5.41, 5.74) is 0.0692. The fraction of sp³-hybridized carbons (Fsp3) is 0.357. The van der Waals surface area contributed by atoms with Crippen LogP contribution < -0.4 is 10.5 Å². The number of nitrogens with one attached hydrogen (secondary N) is 2. The van der Waals surface area contributed by atoms with Crippen molar-refractivity contribution in [2.45, 2.75) is 0 Å². The Morgan fingerprint density at radius 1 is 1.25 bits per heavy atom. The minimum atomic E-state index is -0.264. The summed E-state index contributed by atoms with van der Waals surface area (Å²) in [5.74, 6) is -0.107. The average molecular weight is 273 g/mol. The van der Waals surface area contributed by atoms with Gasteiger partial charge in [0.2, 0.25) is 0 Å². The van der Waals surface area contributed by atoms with Crippen molar-refractivity contribution in [1.82, 2.24) is 15.1 Å². The van der Waals surface area contributed by atoms with Crippen LogP contribution in [0.15, 0.2) is 29.1 Å². The van der Waals surface area contributed by atoms with Gasteiger partial charge in [0, 0.05) is 5.39 Å². The molecule has 0 spiro atoms. The lowest BCUT2D eigenvalue weighted by atomic mass is 10.1. The number of H-pyrrole nitrogens is 1. The fourth-order valence-electron chi connectivity index (χ4n) is 2.52. The molecule has 0 aliphatic carbocycles. The number of quaternary nitrogens is 1. The number of aromatic amines is 1. The van der Waals surface area contributed by atoms with Crippen molar-refractivity contribution in [2.24, 2.45) is 0 Å². The largest absolute Gasteiger partial charge is 0.334 e. The van der Waals surface area contributed by atoms with Crippen LogP contribution in [0.25, 0.3) is 10.8 Å². The lowest BCUT2D eigenvalue weighted by Crippen LogP contribution is -3.12. The summed E-state index contributed by atoms with van der Waals surface area (Å²) in [6.45, 7) is 3.32. The molecule has 1 saturated heterocycles. The monoisotopic (exact) mass is 273 g/mol. The summed E-state index contributed by atoms with van der Waals surface area (Å²) >= 11 is 0. The summed E-state index contributed by atoms with van der Waals surface area (Å²) in [7, 11) is 2.12.